The minimum absolute atomic E-state index is 0.333. The highest BCUT2D eigenvalue weighted by Crippen LogP contribution is 2.36. The first-order chi connectivity index (χ1) is 12.8. The summed E-state index contributed by atoms with van der Waals surface area (Å²) in [5, 5.41) is 0. The molecular formula is C17H40O9P2. The number of hydrogen-bond donors (Lipinski definition) is 6. The lowest BCUT2D eigenvalue weighted by molar-refractivity contribution is 0.272. The number of epoxide rings is 1. The number of hydrogen-bond acceptors (Lipinski definition) is 3. The maximum atomic E-state index is 8.88. The number of ether oxygens (including phenoxy) is 1. The molecule has 9 nitrogen and oxygen atoms in total. The van der Waals surface area contributed by atoms with Crippen LogP contribution in [0.15, 0.2) is 0 Å². The second-order valence-electron chi connectivity index (χ2n) is 7.14. The Morgan fingerprint density at radius 3 is 1.21 bits per heavy atom. The SMILES string of the molecule is CCCCCCCCCCCCCC1(CC)CO1.O=P(O)(O)O.O=P(O)(O)O. The van der Waals surface area contributed by atoms with E-state index in [0.717, 1.165) is 6.61 Å². The van der Waals surface area contributed by atoms with Crippen LogP contribution in [0.25, 0.3) is 0 Å². The highest BCUT2D eigenvalue weighted by atomic mass is 31.2. The Balaban J connectivity index is 0. The average Bonchev–Trinajstić information content (AvgIpc) is 3.30. The summed E-state index contributed by atoms with van der Waals surface area (Å²) in [6.07, 6.45) is 18.3. The molecule has 0 amide bonds. The summed E-state index contributed by atoms with van der Waals surface area (Å²) in [5.41, 5.74) is 0.333. The van der Waals surface area contributed by atoms with E-state index in [4.69, 9.17) is 43.2 Å². The van der Waals surface area contributed by atoms with Gasteiger partial charge < -0.3 is 34.1 Å². The van der Waals surface area contributed by atoms with Gasteiger partial charge in [0.1, 0.15) is 0 Å². The van der Waals surface area contributed by atoms with E-state index in [1.54, 1.807) is 0 Å². The van der Waals surface area contributed by atoms with Crippen LogP contribution >= 0.6 is 15.6 Å². The van der Waals surface area contributed by atoms with Gasteiger partial charge in [0, 0.05) is 0 Å². The van der Waals surface area contributed by atoms with Gasteiger partial charge in [-0.1, -0.05) is 84.5 Å². The van der Waals surface area contributed by atoms with Crippen LogP contribution in [-0.4, -0.2) is 41.6 Å². The van der Waals surface area contributed by atoms with E-state index in [1.807, 2.05) is 0 Å². The molecule has 1 heterocycles. The molecule has 0 saturated carbocycles. The summed E-state index contributed by atoms with van der Waals surface area (Å²) in [7, 11) is -9.28. The van der Waals surface area contributed by atoms with Crippen LogP contribution in [-0.2, 0) is 13.9 Å². The Morgan fingerprint density at radius 2 is 0.964 bits per heavy atom. The van der Waals surface area contributed by atoms with Crippen molar-refractivity contribution in [3.63, 3.8) is 0 Å². The number of phosphoric acid groups is 2. The minimum Gasteiger partial charge on any atom is -0.370 e. The molecule has 1 aliphatic heterocycles. The van der Waals surface area contributed by atoms with Crippen molar-refractivity contribution in [2.75, 3.05) is 6.61 Å². The Morgan fingerprint density at radius 1 is 0.679 bits per heavy atom. The predicted molar refractivity (Wildman–Crippen MR) is 109 cm³/mol. The maximum Gasteiger partial charge on any atom is 0.466 e. The van der Waals surface area contributed by atoms with E-state index in [9.17, 15) is 0 Å². The summed E-state index contributed by atoms with van der Waals surface area (Å²) < 4.78 is 23.3. The van der Waals surface area contributed by atoms with Gasteiger partial charge in [-0.25, -0.2) is 9.13 Å². The number of rotatable bonds is 13. The fourth-order valence-electron chi connectivity index (χ4n) is 2.74. The van der Waals surface area contributed by atoms with Gasteiger partial charge in [0.25, 0.3) is 0 Å². The van der Waals surface area contributed by atoms with Crippen LogP contribution in [0.5, 0.6) is 0 Å². The Bertz CT molecular complexity index is 407. The molecular weight excluding hydrogens is 410 g/mol. The average molecular weight is 450 g/mol. The van der Waals surface area contributed by atoms with Gasteiger partial charge in [0.15, 0.2) is 0 Å². The van der Waals surface area contributed by atoms with Crippen molar-refractivity contribution in [1.82, 2.24) is 0 Å². The molecule has 1 rings (SSSR count). The molecule has 1 aliphatic rings. The van der Waals surface area contributed by atoms with Gasteiger partial charge in [0.05, 0.1) is 12.2 Å². The lowest BCUT2D eigenvalue weighted by Crippen LogP contribution is -2.08. The van der Waals surface area contributed by atoms with Crippen molar-refractivity contribution < 1.29 is 43.2 Å². The first-order valence-electron chi connectivity index (χ1n) is 10.0. The first-order valence-corrected chi connectivity index (χ1v) is 13.2. The molecule has 6 N–H and O–H groups in total. The van der Waals surface area contributed by atoms with Crippen LogP contribution in [0.1, 0.15) is 97.3 Å². The van der Waals surface area contributed by atoms with Gasteiger partial charge >= 0.3 is 15.6 Å². The molecule has 0 aromatic rings. The highest BCUT2D eigenvalue weighted by molar-refractivity contribution is 7.45. The topological polar surface area (TPSA) is 168 Å². The molecule has 1 atom stereocenters. The molecule has 0 aromatic carbocycles. The van der Waals surface area contributed by atoms with Gasteiger partial charge in [-0.05, 0) is 12.8 Å². The summed E-state index contributed by atoms with van der Waals surface area (Å²) >= 11 is 0. The van der Waals surface area contributed by atoms with Crippen LogP contribution in [0.3, 0.4) is 0 Å². The lowest BCUT2D eigenvalue weighted by Gasteiger charge is -2.08. The van der Waals surface area contributed by atoms with Gasteiger partial charge in [-0.15, -0.1) is 0 Å². The third-order valence-corrected chi connectivity index (χ3v) is 4.43. The molecule has 0 bridgehead atoms. The van der Waals surface area contributed by atoms with E-state index in [0.29, 0.717) is 5.60 Å². The second kappa shape index (κ2) is 16.9. The van der Waals surface area contributed by atoms with Crippen molar-refractivity contribution in [2.45, 2.75) is 103 Å². The third-order valence-electron chi connectivity index (χ3n) is 4.43. The molecule has 0 aromatic heterocycles. The normalized spacial score (nSPS) is 18.6. The quantitative estimate of drug-likeness (QED) is 0.138. The van der Waals surface area contributed by atoms with E-state index in [1.165, 1.54) is 83.5 Å². The summed E-state index contributed by atoms with van der Waals surface area (Å²) in [6.45, 7) is 5.57. The molecule has 0 aliphatic carbocycles. The Labute approximate surface area is 169 Å². The first kappa shape index (κ1) is 30.4. The van der Waals surface area contributed by atoms with E-state index in [2.05, 4.69) is 13.8 Å². The smallest absolute Gasteiger partial charge is 0.370 e. The van der Waals surface area contributed by atoms with Gasteiger partial charge in [-0.3, -0.25) is 0 Å². The lowest BCUT2D eigenvalue weighted by atomic mass is 9.98. The fourth-order valence-corrected chi connectivity index (χ4v) is 2.74. The molecule has 1 saturated heterocycles. The van der Waals surface area contributed by atoms with Crippen molar-refractivity contribution >= 4 is 15.6 Å². The Kier molecular flexibility index (Phi) is 18.4. The zero-order valence-electron chi connectivity index (χ0n) is 17.2. The number of unbranched alkanes of at least 4 members (excludes halogenated alkanes) is 10. The third kappa shape index (κ3) is 33.7. The molecule has 0 spiro atoms. The molecule has 1 fully saturated rings. The van der Waals surface area contributed by atoms with Gasteiger partial charge in [0.2, 0.25) is 0 Å². The predicted octanol–water partition coefficient (Wildman–Crippen LogP) is 4.01. The monoisotopic (exact) mass is 450 g/mol. The summed E-state index contributed by atoms with van der Waals surface area (Å²) in [6, 6.07) is 0. The van der Waals surface area contributed by atoms with E-state index >= 15 is 0 Å². The summed E-state index contributed by atoms with van der Waals surface area (Å²) in [5.74, 6) is 0. The van der Waals surface area contributed by atoms with Crippen molar-refractivity contribution in [2.24, 2.45) is 0 Å². The fraction of sp³-hybridized carbons (Fsp3) is 1.00. The van der Waals surface area contributed by atoms with E-state index < -0.39 is 15.6 Å². The van der Waals surface area contributed by atoms with E-state index in [-0.39, 0.29) is 0 Å². The van der Waals surface area contributed by atoms with Gasteiger partial charge in [-0.2, -0.15) is 0 Å². The summed E-state index contributed by atoms with van der Waals surface area (Å²) in [4.78, 5) is 43.1. The van der Waals surface area contributed by atoms with Crippen molar-refractivity contribution in [3.05, 3.63) is 0 Å². The molecule has 1 unspecified atom stereocenters. The zero-order valence-corrected chi connectivity index (χ0v) is 19.0. The largest absolute Gasteiger partial charge is 0.466 e. The molecule has 11 heteroatoms. The Hall–Kier alpha value is 0.180. The van der Waals surface area contributed by atoms with Crippen LogP contribution < -0.4 is 0 Å². The van der Waals surface area contributed by atoms with Crippen molar-refractivity contribution in [1.29, 1.82) is 0 Å². The maximum absolute atomic E-state index is 8.88. The zero-order chi connectivity index (χ0) is 22.1. The van der Waals surface area contributed by atoms with Crippen LogP contribution in [0, 0.1) is 0 Å². The van der Waals surface area contributed by atoms with Crippen LogP contribution in [0.4, 0.5) is 0 Å². The second-order valence-corrected chi connectivity index (χ2v) is 9.19. The van der Waals surface area contributed by atoms with Crippen molar-refractivity contribution in [3.8, 4) is 0 Å². The molecule has 172 valence electrons. The highest BCUT2D eigenvalue weighted by Gasteiger charge is 2.41. The molecule has 28 heavy (non-hydrogen) atoms. The standard InChI is InChI=1S/C17H34O.2H3O4P/c1-3-5-6-7-8-9-10-11-12-13-14-15-17(4-2)16-18-17;2*1-5(2,3)4/h3-16H2,1-2H3;2*(H3,1,2,3,4). The molecule has 0 radical (unpaired) electrons. The minimum atomic E-state index is -4.64. The van der Waals surface area contributed by atoms with Crippen LogP contribution in [0.2, 0.25) is 0 Å².